The van der Waals surface area contributed by atoms with Gasteiger partial charge in [-0.1, -0.05) is 55.3 Å². The highest BCUT2D eigenvalue weighted by Crippen LogP contribution is 2.22. The van der Waals surface area contributed by atoms with Crippen molar-refractivity contribution in [3.8, 4) is 0 Å². The van der Waals surface area contributed by atoms with Gasteiger partial charge < -0.3 is 5.11 Å². The second-order valence-corrected chi connectivity index (χ2v) is 5.17. The van der Waals surface area contributed by atoms with E-state index in [1.807, 2.05) is 18.2 Å². The van der Waals surface area contributed by atoms with E-state index in [2.05, 4.69) is 36.2 Å². The molecule has 1 aromatic carbocycles. The van der Waals surface area contributed by atoms with Gasteiger partial charge in [0.05, 0.1) is 6.10 Å². The molecule has 0 aromatic heterocycles. The van der Waals surface area contributed by atoms with E-state index in [1.165, 1.54) is 18.4 Å². The van der Waals surface area contributed by atoms with Crippen molar-refractivity contribution in [3.63, 3.8) is 0 Å². The molecule has 1 saturated carbocycles. The Kier molecular flexibility index (Phi) is 4.97. The molecule has 18 heavy (non-hydrogen) atoms. The maximum Gasteiger partial charge on any atom is 0.0695 e. The Hall–Kier alpha value is -1.12. The van der Waals surface area contributed by atoms with E-state index in [-0.39, 0.29) is 6.10 Å². The molecule has 1 aromatic rings. The number of aliphatic hydroxyl groups excluding tert-OH is 1. The van der Waals surface area contributed by atoms with Gasteiger partial charge in [0, 0.05) is 12.6 Å². The quantitative estimate of drug-likeness (QED) is 0.881. The number of likely N-dealkylation sites (N-methyl/N-ethyl adjacent to an activating group) is 1. The molecule has 0 spiro atoms. The Labute approximate surface area is 110 Å². The zero-order valence-electron chi connectivity index (χ0n) is 11.1. The van der Waals surface area contributed by atoms with Crippen LogP contribution in [0.1, 0.15) is 31.2 Å². The largest absolute Gasteiger partial charge is 0.391 e. The summed E-state index contributed by atoms with van der Waals surface area (Å²) in [6, 6.07) is 10.7. The first-order chi connectivity index (χ1) is 8.77. The second kappa shape index (κ2) is 6.72. The number of hydrogen-bond donors (Lipinski definition) is 1. The van der Waals surface area contributed by atoms with Crippen molar-refractivity contribution in [2.75, 3.05) is 13.6 Å². The van der Waals surface area contributed by atoms with Gasteiger partial charge in [0.25, 0.3) is 0 Å². The highest BCUT2D eigenvalue weighted by Gasteiger charge is 2.25. The maximum absolute atomic E-state index is 9.99. The van der Waals surface area contributed by atoms with Crippen molar-refractivity contribution in [1.29, 1.82) is 0 Å². The number of nitrogens with zero attached hydrogens (tertiary/aromatic N) is 1. The topological polar surface area (TPSA) is 23.5 Å². The normalized spacial score (nSPS) is 24.8. The summed E-state index contributed by atoms with van der Waals surface area (Å²) in [5.74, 6) is 0. The van der Waals surface area contributed by atoms with Crippen LogP contribution in [0, 0.1) is 0 Å². The second-order valence-electron chi connectivity index (χ2n) is 5.17. The standard InChI is InChI=1S/C16H23NO/c1-17(15-11-5-6-12-16(15)18)13-7-10-14-8-3-2-4-9-14/h2-4,7-10,15-16,18H,5-6,11-13H2,1H3/b10-7+. The smallest absolute Gasteiger partial charge is 0.0695 e. The van der Waals surface area contributed by atoms with Crippen molar-refractivity contribution in [2.45, 2.75) is 37.8 Å². The van der Waals surface area contributed by atoms with E-state index in [0.717, 1.165) is 19.4 Å². The van der Waals surface area contributed by atoms with Gasteiger partial charge in [0.2, 0.25) is 0 Å². The Balaban J connectivity index is 1.84. The summed E-state index contributed by atoms with van der Waals surface area (Å²) in [6.07, 6.45) is 8.67. The molecule has 2 heteroatoms. The van der Waals surface area contributed by atoms with E-state index >= 15 is 0 Å². The lowest BCUT2D eigenvalue weighted by molar-refractivity contribution is 0.0373. The molecule has 2 unspecified atom stereocenters. The summed E-state index contributed by atoms with van der Waals surface area (Å²) < 4.78 is 0. The highest BCUT2D eigenvalue weighted by molar-refractivity contribution is 5.48. The molecule has 1 aliphatic carbocycles. The van der Waals surface area contributed by atoms with E-state index in [4.69, 9.17) is 0 Å². The molecular formula is C16H23NO. The first-order valence-electron chi connectivity index (χ1n) is 6.87. The summed E-state index contributed by atoms with van der Waals surface area (Å²) in [6.45, 7) is 0.899. The number of aliphatic hydroxyl groups is 1. The molecule has 2 rings (SSSR count). The summed E-state index contributed by atoms with van der Waals surface area (Å²) in [4.78, 5) is 2.27. The monoisotopic (exact) mass is 245 g/mol. The molecule has 0 bridgehead atoms. The first kappa shape index (κ1) is 13.3. The fraction of sp³-hybridized carbons (Fsp3) is 0.500. The zero-order valence-corrected chi connectivity index (χ0v) is 11.1. The van der Waals surface area contributed by atoms with E-state index in [1.54, 1.807) is 0 Å². The van der Waals surface area contributed by atoms with Crippen molar-refractivity contribution in [2.24, 2.45) is 0 Å². The zero-order chi connectivity index (χ0) is 12.8. The SMILES string of the molecule is CN(C/C=C/c1ccccc1)C1CCCCC1O. The molecule has 0 radical (unpaired) electrons. The fourth-order valence-electron chi connectivity index (χ4n) is 2.66. The third kappa shape index (κ3) is 3.69. The Morgan fingerprint density at radius 3 is 2.67 bits per heavy atom. The van der Waals surface area contributed by atoms with Gasteiger partial charge in [-0.25, -0.2) is 0 Å². The predicted octanol–water partition coefficient (Wildman–Crippen LogP) is 2.94. The lowest BCUT2D eigenvalue weighted by Crippen LogP contribution is -2.43. The van der Waals surface area contributed by atoms with Crippen LogP contribution in [0.25, 0.3) is 6.08 Å². The van der Waals surface area contributed by atoms with Crippen LogP contribution in [-0.2, 0) is 0 Å². The van der Waals surface area contributed by atoms with Gasteiger partial charge in [-0.2, -0.15) is 0 Å². The summed E-state index contributed by atoms with van der Waals surface area (Å²) in [7, 11) is 2.11. The highest BCUT2D eigenvalue weighted by atomic mass is 16.3. The molecule has 98 valence electrons. The average molecular weight is 245 g/mol. The van der Waals surface area contributed by atoms with Crippen molar-refractivity contribution >= 4 is 6.08 Å². The molecule has 1 fully saturated rings. The predicted molar refractivity (Wildman–Crippen MR) is 76.4 cm³/mol. The Bertz CT molecular complexity index is 374. The van der Waals surface area contributed by atoms with Crippen LogP contribution in [0.5, 0.6) is 0 Å². The van der Waals surface area contributed by atoms with E-state index < -0.39 is 0 Å². The van der Waals surface area contributed by atoms with Gasteiger partial charge in [-0.05, 0) is 25.5 Å². The van der Waals surface area contributed by atoms with Crippen LogP contribution in [0.15, 0.2) is 36.4 Å². The summed E-state index contributed by atoms with van der Waals surface area (Å²) in [5.41, 5.74) is 1.23. The maximum atomic E-state index is 9.99. The molecular weight excluding hydrogens is 222 g/mol. The molecule has 0 heterocycles. The fourth-order valence-corrected chi connectivity index (χ4v) is 2.66. The number of hydrogen-bond acceptors (Lipinski definition) is 2. The van der Waals surface area contributed by atoms with Crippen molar-refractivity contribution < 1.29 is 5.11 Å². The van der Waals surface area contributed by atoms with Crippen molar-refractivity contribution in [3.05, 3.63) is 42.0 Å². The van der Waals surface area contributed by atoms with Gasteiger partial charge in [-0.15, -0.1) is 0 Å². The van der Waals surface area contributed by atoms with Crippen LogP contribution in [0.2, 0.25) is 0 Å². The lowest BCUT2D eigenvalue weighted by Gasteiger charge is -2.34. The Morgan fingerprint density at radius 2 is 1.94 bits per heavy atom. The van der Waals surface area contributed by atoms with Crippen molar-refractivity contribution in [1.82, 2.24) is 4.90 Å². The van der Waals surface area contributed by atoms with Crippen LogP contribution in [0.3, 0.4) is 0 Å². The molecule has 1 N–H and O–H groups in total. The van der Waals surface area contributed by atoms with E-state index in [0.29, 0.717) is 6.04 Å². The summed E-state index contributed by atoms with van der Waals surface area (Å²) in [5, 5.41) is 9.99. The lowest BCUT2D eigenvalue weighted by atomic mass is 9.91. The van der Waals surface area contributed by atoms with Gasteiger partial charge >= 0.3 is 0 Å². The van der Waals surface area contributed by atoms with Gasteiger partial charge in [0.1, 0.15) is 0 Å². The molecule has 0 aliphatic heterocycles. The molecule has 1 aliphatic rings. The Morgan fingerprint density at radius 1 is 1.22 bits per heavy atom. The molecule has 0 amide bonds. The van der Waals surface area contributed by atoms with Crippen LogP contribution >= 0.6 is 0 Å². The van der Waals surface area contributed by atoms with Crippen LogP contribution < -0.4 is 0 Å². The van der Waals surface area contributed by atoms with Crippen LogP contribution in [0.4, 0.5) is 0 Å². The average Bonchev–Trinajstić information content (AvgIpc) is 2.40. The van der Waals surface area contributed by atoms with Gasteiger partial charge in [-0.3, -0.25) is 4.90 Å². The van der Waals surface area contributed by atoms with E-state index in [9.17, 15) is 5.11 Å². The molecule has 2 nitrogen and oxygen atoms in total. The first-order valence-corrected chi connectivity index (χ1v) is 6.87. The number of rotatable bonds is 4. The third-order valence-corrected chi connectivity index (χ3v) is 3.76. The van der Waals surface area contributed by atoms with Gasteiger partial charge in [0.15, 0.2) is 0 Å². The number of benzene rings is 1. The minimum atomic E-state index is -0.145. The minimum Gasteiger partial charge on any atom is -0.391 e. The minimum absolute atomic E-state index is 0.145. The third-order valence-electron chi connectivity index (χ3n) is 3.76. The summed E-state index contributed by atoms with van der Waals surface area (Å²) >= 11 is 0. The van der Waals surface area contributed by atoms with Crippen LogP contribution in [-0.4, -0.2) is 35.7 Å². The molecule has 2 atom stereocenters. The molecule has 0 saturated heterocycles.